The number of anilines is 2. The third-order valence-corrected chi connectivity index (χ3v) is 6.86. The molecule has 11 heteroatoms. The van der Waals surface area contributed by atoms with E-state index < -0.39 is 17.6 Å². The van der Waals surface area contributed by atoms with Crippen molar-refractivity contribution in [3.63, 3.8) is 0 Å². The number of nitrogens with zero attached hydrogens (tertiary/aromatic N) is 6. The van der Waals surface area contributed by atoms with E-state index in [0.717, 1.165) is 28.4 Å². The molecule has 1 aliphatic rings. The monoisotopic (exact) mass is 585 g/mol. The number of hydrogen-bond acceptors (Lipinski definition) is 6. The van der Waals surface area contributed by atoms with Crippen LogP contribution in [0.2, 0.25) is 0 Å². The van der Waals surface area contributed by atoms with E-state index in [1.54, 1.807) is 63.5 Å². The Hall–Kier alpha value is -5.24. The molecule has 1 aliphatic heterocycles. The number of fused-ring (bicyclic) bond motifs is 1. The Labute approximate surface area is 247 Å². The van der Waals surface area contributed by atoms with Crippen molar-refractivity contribution in [1.29, 1.82) is 0 Å². The topological polar surface area (TPSA) is 69.0 Å². The number of alkyl halides is 3. The van der Waals surface area contributed by atoms with E-state index in [4.69, 9.17) is 0 Å². The molecule has 0 fully saturated rings. The highest BCUT2D eigenvalue weighted by Crippen LogP contribution is 2.35. The van der Waals surface area contributed by atoms with Crippen molar-refractivity contribution >= 4 is 23.2 Å². The van der Waals surface area contributed by atoms with E-state index in [1.807, 2.05) is 46.0 Å². The molecule has 0 saturated carbocycles. The molecule has 0 radical (unpaired) electrons. The van der Waals surface area contributed by atoms with Crippen molar-refractivity contribution in [2.24, 2.45) is 0 Å². The number of benzene rings is 2. The zero-order chi connectivity index (χ0) is 30.9. The molecule has 0 unspecified atom stereocenters. The molecule has 1 amide bonds. The molecule has 43 heavy (non-hydrogen) atoms. The first-order valence-electron chi connectivity index (χ1n) is 13.4. The summed E-state index contributed by atoms with van der Waals surface area (Å²) in [5.74, 6) is 6.30. The highest BCUT2D eigenvalue weighted by atomic mass is 19.4. The number of carbonyl (C=O) groups excluding carboxylic acids is 1. The first-order valence-corrected chi connectivity index (χ1v) is 13.4. The fourth-order valence-electron chi connectivity index (χ4n) is 4.48. The van der Waals surface area contributed by atoms with Crippen molar-refractivity contribution in [2.45, 2.75) is 26.6 Å². The molecule has 220 valence electrons. The molecule has 1 N–H and O–H groups in total. The van der Waals surface area contributed by atoms with Gasteiger partial charge in [-0.15, -0.1) is 5.10 Å². The van der Waals surface area contributed by atoms with Gasteiger partial charge in [-0.1, -0.05) is 24.0 Å². The second kappa shape index (κ2) is 11.6. The summed E-state index contributed by atoms with van der Waals surface area (Å²) in [6.07, 6.45) is 4.09. The Balaban J connectivity index is 1.37. The Morgan fingerprint density at radius 2 is 1.72 bits per heavy atom. The molecule has 2 aromatic heterocycles. The Kier molecular flexibility index (Phi) is 7.87. The molecule has 0 aliphatic carbocycles. The normalized spacial score (nSPS) is 12.8. The van der Waals surface area contributed by atoms with Crippen LogP contribution in [0.5, 0.6) is 0 Å². The lowest BCUT2D eigenvalue weighted by molar-refractivity contribution is -0.138. The van der Waals surface area contributed by atoms with Crippen LogP contribution in [-0.2, 0) is 12.7 Å². The molecule has 0 atom stereocenters. The fourth-order valence-corrected chi connectivity index (χ4v) is 4.48. The van der Waals surface area contributed by atoms with Crippen LogP contribution in [0.3, 0.4) is 0 Å². The quantitative estimate of drug-likeness (QED) is 0.300. The Bertz CT molecular complexity index is 1810. The molecular weight excluding hydrogens is 555 g/mol. The average molecular weight is 586 g/mol. The van der Waals surface area contributed by atoms with Gasteiger partial charge in [0.15, 0.2) is 5.65 Å². The fraction of sp³-hybridized carbons (Fsp3) is 0.219. The van der Waals surface area contributed by atoms with Gasteiger partial charge < -0.3 is 20.0 Å². The summed E-state index contributed by atoms with van der Waals surface area (Å²) in [4.78, 5) is 22.9. The van der Waals surface area contributed by atoms with Crippen LogP contribution >= 0.6 is 0 Å². The number of aryl methyl sites for hydroxylation is 2. The minimum atomic E-state index is -4.59. The molecule has 8 nitrogen and oxygen atoms in total. The standard InChI is InChI=1S/C32H30F3N7O/c1-21-6-8-25(17-24(21)9-7-23-16-22(2)29-37-31(39(3)4)38-42(29)19-23)30(43)36-27-11-10-26(28(18-27)32(33,34)35)20-41-14-12-40(5)13-15-41/h6,8,10-19H,20H2,1-5H3,(H,36,43). The number of carbonyl (C=O) groups is 1. The number of nitrogens with one attached hydrogen (secondary N) is 1. The molecule has 2 aromatic carbocycles. The van der Waals surface area contributed by atoms with Crippen LogP contribution in [0.25, 0.3) is 5.65 Å². The van der Waals surface area contributed by atoms with E-state index in [-0.39, 0.29) is 23.4 Å². The first-order chi connectivity index (χ1) is 20.4. The van der Waals surface area contributed by atoms with Crippen LogP contribution < -0.4 is 10.2 Å². The van der Waals surface area contributed by atoms with Crippen LogP contribution in [0.1, 0.15) is 43.7 Å². The van der Waals surface area contributed by atoms with E-state index in [0.29, 0.717) is 11.5 Å². The maximum atomic E-state index is 14.0. The smallest absolute Gasteiger partial charge is 0.354 e. The Morgan fingerprint density at radius 1 is 0.977 bits per heavy atom. The minimum Gasteiger partial charge on any atom is -0.354 e. The van der Waals surface area contributed by atoms with E-state index in [1.165, 1.54) is 12.1 Å². The number of amides is 1. The highest BCUT2D eigenvalue weighted by Gasteiger charge is 2.34. The molecule has 0 saturated heterocycles. The molecule has 0 bridgehead atoms. The van der Waals surface area contributed by atoms with E-state index in [9.17, 15) is 18.0 Å². The van der Waals surface area contributed by atoms with Gasteiger partial charge >= 0.3 is 6.18 Å². The van der Waals surface area contributed by atoms with Crippen molar-refractivity contribution in [2.75, 3.05) is 31.4 Å². The number of aromatic nitrogens is 3. The van der Waals surface area contributed by atoms with Gasteiger partial charge in [-0.05, 0) is 60.9 Å². The van der Waals surface area contributed by atoms with Gasteiger partial charge in [-0.25, -0.2) is 4.52 Å². The lowest BCUT2D eigenvalue weighted by atomic mass is 10.0. The zero-order valence-electron chi connectivity index (χ0n) is 24.4. The van der Waals surface area contributed by atoms with Crippen molar-refractivity contribution in [1.82, 2.24) is 24.4 Å². The molecule has 3 heterocycles. The van der Waals surface area contributed by atoms with Gasteiger partial charge in [0.1, 0.15) is 0 Å². The van der Waals surface area contributed by atoms with Crippen molar-refractivity contribution < 1.29 is 18.0 Å². The molecule has 5 rings (SSSR count). The second-order valence-electron chi connectivity index (χ2n) is 10.5. The summed E-state index contributed by atoms with van der Waals surface area (Å²) in [7, 11) is 5.56. The minimum absolute atomic E-state index is 0.0318. The average Bonchev–Trinajstić information content (AvgIpc) is 3.39. The zero-order valence-corrected chi connectivity index (χ0v) is 24.4. The van der Waals surface area contributed by atoms with Gasteiger partial charge in [0.2, 0.25) is 5.95 Å². The molecular formula is C32H30F3N7O. The van der Waals surface area contributed by atoms with Crippen LogP contribution in [0.15, 0.2) is 73.5 Å². The number of hydrogen-bond donors (Lipinski definition) is 1. The third kappa shape index (κ3) is 6.64. The maximum absolute atomic E-state index is 14.0. The SMILES string of the molecule is Cc1ccc(C(=O)Nc2ccc(CN3C=CN(C)C=C3)c(C(F)(F)F)c2)cc1C#Cc1cc(C)c2nc(N(C)C)nn2c1. The predicted molar refractivity (Wildman–Crippen MR) is 160 cm³/mol. The van der Waals surface area contributed by atoms with Gasteiger partial charge in [-0.2, -0.15) is 18.2 Å². The van der Waals surface area contributed by atoms with Gasteiger partial charge in [0.05, 0.1) is 5.56 Å². The van der Waals surface area contributed by atoms with Crippen LogP contribution in [-0.4, -0.2) is 51.4 Å². The number of pyridine rings is 1. The summed E-state index contributed by atoms with van der Waals surface area (Å²) in [5.41, 5.74) is 3.46. The van der Waals surface area contributed by atoms with Gasteiger partial charge in [0, 0.05) is 81.1 Å². The molecule has 0 spiro atoms. The second-order valence-corrected chi connectivity index (χ2v) is 10.5. The summed E-state index contributed by atoms with van der Waals surface area (Å²) >= 11 is 0. The van der Waals surface area contributed by atoms with Gasteiger partial charge in [0.25, 0.3) is 5.91 Å². The summed E-state index contributed by atoms with van der Waals surface area (Å²) in [5, 5.41) is 7.08. The Morgan fingerprint density at radius 3 is 2.42 bits per heavy atom. The van der Waals surface area contributed by atoms with Gasteiger partial charge in [-0.3, -0.25) is 4.79 Å². The van der Waals surface area contributed by atoms with E-state index >= 15 is 0 Å². The largest absolute Gasteiger partial charge is 0.416 e. The highest BCUT2D eigenvalue weighted by molar-refractivity contribution is 6.04. The number of rotatable bonds is 5. The van der Waals surface area contributed by atoms with Crippen molar-refractivity contribution in [3.05, 3.63) is 112 Å². The van der Waals surface area contributed by atoms with Crippen LogP contribution in [0, 0.1) is 25.7 Å². The summed E-state index contributed by atoms with van der Waals surface area (Å²) in [6.45, 7) is 3.84. The first kappa shape index (κ1) is 29.3. The summed E-state index contributed by atoms with van der Waals surface area (Å²) < 4.78 is 43.6. The summed E-state index contributed by atoms with van der Waals surface area (Å²) in [6, 6.07) is 10.8. The van der Waals surface area contributed by atoms with E-state index in [2.05, 4.69) is 27.2 Å². The maximum Gasteiger partial charge on any atom is 0.416 e. The predicted octanol–water partition coefficient (Wildman–Crippen LogP) is 5.77. The van der Waals surface area contributed by atoms with Crippen LogP contribution in [0.4, 0.5) is 24.8 Å². The molecule has 4 aromatic rings. The lowest BCUT2D eigenvalue weighted by Gasteiger charge is -2.24. The lowest BCUT2D eigenvalue weighted by Crippen LogP contribution is -2.20. The third-order valence-electron chi connectivity index (χ3n) is 6.86. The number of halogens is 3. The van der Waals surface area contributed by atoms with Crippen molar-refractivity contribution in [3.8, 4) is 11.8 Å².